The van der Waals surface area contributed by atoms with Gasteiger partial charge in [-0.05, 0) is 22.6 Å². The lowest BCUT2D eigenvalue weighted by molar-refractivity contribution is -0.0292. The summed E-state index contributed by atoms with van der Waals surface area (Å²) in [6, 6.07) is 14.5. The van der Waals surface area contributed by atoms with Crippen molar-refractivity contribution in [1.82, 2.24) is 9.97 Å². The Balaban J connectivity index is 2.15. The van der Waals surface area contributed by atoms with Gasteiger partial charge in [0.25, 0.3) is 0 Å². The number of benzene rings is 2. The van der Waals surface area contributed by atoms with Crippen molar-refractivity contribution in [2.45, 2.75) is 26.4 Å². The van der Waals surface area contributed by atoms with Crippen molar-refractivity contribution < 1.29 is 9.50 Å². The lowest BCUT2D eigenvalue weighted by atomic mass is 9.68. The van der Waals surface area contributed by atoms with Crippen LogP contribution in [0.3, 0.4) is 0 Å². The van der Waals surface area contributed by atoms with E-state index in [1.165, 1.54) is 24.8 Å². The maximum atomic E-state index is 15.0. The lowest BCUT2D eigenvalue weighted by Gasteiger charge is -2.41. The van der Waals surface area contributed by atoms with Crippen LogP contribution in [0.25, 0.3) is 11.1 Å². The minimum atomic E-state index is -1.55. The number of nitrogens with zero attached hydrogens (tertiary/aromatic N) is 2. The average molecular weight is 336 g/mol. The third-order valence-electron chi connectivity index (χ3n) is 4.53. The minimum absolute atomic E-state index is 0.217. The molecule has 128 valence electrons. The summed E-state index contributed by atoms with van der Waals surface area (Å²) in [6.07, 6.45) is 4.45. The summed E-state index contributed by atoms with van der Waals surface area (Å²) in [5.74, 6) is -0.456. The van der Waals surface area contributed by atoms with E-state index in [9.17, 15) is 5.11 Å². The molecule has 0 amide bonds. The molecule has 1 atom stereocenters. The molecule has 1 heterocycles. The first-order chi connectivity index (χ1) is 11.8. The Bertz CT molecular complexity index is 860. The van der Waals surface area contributed by atoms with Gasteiger partial charge in [0.2, 0.25) is 0 Å². The smallest absolute Gasteiger partial charge is 0.130 e. The monoisotopic (exact) mass is 336 g/mol. The fourth-order valence-electron chi connectivity index (χ4n) is 3.10. The molecular formula is C21H21FN2O. The summed E-state index contributed by atoms with van der Waals surface area (Å²) in [5, 5.41) is 11.5. The number of rotatable bonds is 3. The molecule has 0 spiro atoms. The lowest BCUT2D eigenvalue weighted by Crippen LogP contribution is -2.42. The van der Waals surface area contributed by atoms with Gasteiger partial charge in [-0.15, -0.1) is 0 Å². The molecule has 0 saturated carbocycles. The quantitative estimate of drug-likeness (QED) is 0.762. The molecule has 1 aromatic heterocycles. The summed E-state index contributed by atoms with van der Waals surface area (Å²) in [7, 11) is 0. The van der Waals surface area contributed by atoms with Crippen LogP contribution in [0.15, 0.2) is 67.3 Å². The van der Waals surface area contributed by atoms with E-state index >= 15 is 4.39 Å². The Labute approximate surface area is 147 Å². The summed E-state index contributed by atoms with van der Waals surface area (Å²) >= 11 is 0. The third kappa shape index (κ3) is 3.05. The van der Waals surface area contributed by atoms with Crippen LogP contribution < -0.4 is 0 Å². The first-order valence-corrected chi connectivity index (χ1v) is 8.17. The number of aliphatic hydroxyl groups is 1. The highest BCUT2D eigenvalue weighted by molar-refractivity contribution is 5.64. The Kier molecular flexibility index (Phi) is 4.39. The summed E-state index contributed by atoms with van der Waals surface area (Å²) in [4.78, 5) is 7.98. The summed E-state index contributed by atoms with van der Waals surface area (Å²) in [6.45, 7) is 5.60. The maximum Gasteiger partial charge on any atom is 0.130 e. The topological polar surface area (TPSA) is 46.0 Å². The van der Waals surface area contributed by atoms with Gasteiger partial charge in [-0.1, -0.05) is 63.2 Å². The van der Waals surface area contributed by atoms with Gasteiger partial charge in [-0.25, -0.2) is 14.4 Å². The van der Waals surface area contributed by atoms with Crippen LogP contribution in [0.4, 0.5) is 4.39 Å². The first kappa shape index (κ1) is 17.2. The zero-order chi connectivity index (χ0) is 18.1. The van der Waals surface area contributed by atoms with Crippen molar-refractivity contribution in [3.63, 3.8) is 0 Å². The van der Waals surface area contributed by atoms with E-state index in [4.69, 9.17) is 0 Å². The molecule has 0 bridgehead atoms. The van der Waals surface area contributed by atoms with Crippen LogP contribution in [0, 0.1) is 11.2 Å². The van der Waals surface area contributed by atoms with E-state index in [1.54, 1.807) is 6.07 Å². The highest BCUT2D eigenvalue weighted by Crippen LogP contribution is 2.45. The highest BCUT2D eigenvalue weighted by atomic mass is 19.1. The van der Waals surface area contributed by atoms with Gasteiger partial charge < -0.3 is 5.11 Å². The average Bonchev–Trinajstić information content (AvgIpc) is 2.61. The van der Waals surface area contributed by atoms with E-state index in [2.05, 4.69) is 9.97 Å². The predicted molar refractivity (Wildman–Crippen MR) is 96.3 cm³/mol. The highest BCUT2D eigenvalue weighted by Gasteiger charge is 2.45. The van der Waals surface area contributed by atoms with Gasteiger partial charge in [0, 0.05) is 23.5 Å². The first-order valence-electron chi connectivity index (χ1n) is 8.17. The molecule has 0 aliphatic rings. The molecular weight excluding hydrogens is 315 g/mol. The zero-order valence-corrected chi connectivity index (χ0v) is 14.6. The van der Waals surface area contributed by atoms with Crippen molar-refractivity contribution in [1.29, 1.82) is 0 Å². The second-order valence-corrected chi connectivity index (χ2v) is 7.15. The maximum absolute atomic E-state index is 15.0. The van der Waals surface area contributed by atoms with Crippen LogP contribution in [-0.2, 0) is 5.60 Å². The van der Waals surface area contributed by atoms with Gasteiger partial charge >= 0.3 is 0 Å². The standard InChI is InChI=1S/C21H21FN2O/c1-20(2,3)21(25,17-12-23-14-24-13-17)18-10-9-16(11-19(18)22)15-7-5-4-6-8-15/h4-14,25H,1-3H3. The van der Waals surface area contributed by atoms with Crippen molar-refractivity contribution in [3.05, 3.63) is 84.2 Å². The molecule has 1 N–H and O–H groups in total. The van der Waals surface area contributed by atoms with Crippen LogP contribution in [-0.4, -0.2) is 15.1 Å². The van der Waals surface area contributed by atoms with E-state index < -0.39 is 16.8 Å². The fourth-order valence-corrected chi connectivity index (χ4v) is 3.10. The van der Waals surface area contributed by atoms with Crippen molar-refractivity contribution in [3.8, 4) is 11.1 Å². The normalized spacial score (nSPS) is 14.1. The Morgan fingerprint density at radius 2 is 1.52 bits per heavy atom. The zero-order valence-electron chi connectivity index (χ0n) is 14.6. The van der Waals surface area contributed by atoms with Crippen LogP contribution in [0.2, 0.25) is 0 Å². The number of hydrogen-bond donors (Lipinski definition) is 1. The molecule has 0 saturated heterocycles. The largest absolute Gasteiger partial charge is 0.380 e. The fraction of sp³-hybridized carbons (Fsp3) is 0.238. The molecule has 0 fully saturated rings. The van der Waals surface area contributed by atoms with Crippen LogP contribution in [0.1, 0.15) is 31.9 Å². The van der Waals surface area contributed by atoms with Crippen molar-refractivity contribution in [2.24, 2.45) is 5.41 Å². The Morgan fingerprint density at radius 1 is 0.880 bits per heavy atom. The predicted octanol–water partition coefficient (Wildman–Crippen LogP) is 4.56. The van der Waals surface area contributed by atoms with E-state index in [-0.39, 0.29) is 5.56 Å². The van der Waals surface area contributed by atoms with Gasteiger partial charge in [0.15, 0.2) is 0 Å². The second-order valence-electron chi connectivity index (χ2n) is 7.15. The van der Waals surface area contributed by atoms with Gasteiger partial charge in [-0.3, -0.25) is 0 Å². The number of halogens is 1. The van der Waals surface area contributed by atoms with Crippen molar-refractivity contribution >= 4 is 0 Å². The Hall–Kier alpha value is -2.59. The molecule has 0 aliphatic carbocycles. The molecule has 3 nitrogen and oxygen atoms in total. The number of aromatic nitrogens is 2. The third-order valence-corrected chi connectivity index (χ3v) is 4.53. The molecule has 2 aromatic carbocycles. The van der Waals surface area contributed by atoms with Gasteiger partial charge in [0.1, 0.15) is 17.7 Å². The molecule has 3 aromatic rings. The molecule has 3 rings (SSSR count). The molecule has 0 aliphatic heterocycles. The van der Waals surface area contributed by atoms with Gasteiger partial charge in [0.05, 0.1) is 0 Å². The molecule has 1 unspecified atom stereocenters. The molecule has 25 heavy (non-hydrogen) atoms. The molecule has 0 radical (unpaired) electrons. The summed E-state index contributed by atoms with van der Waals surface area (Å²) in [5.41, 5.74) is 0.168. The van der Waals surface area contributed by atoms with Gasteiger partial charge in [-0.2, -0.15) is 0 Å². The van der Waals surface area contributed by atoms with E-state index in [0.717, 1.165) is 11.1 Å². The van der Waals surface area contributed by atoms with Crippen LogP contribution >= 0.6 is 0 Å². The summed E-state index contributed by atoms with van der Waals surface area (Å²) < 4.78 is 15.0. The second kappa shape index (κ2) is 6.37. The Morgan fingerprint density at radius 3 is 2.08 bits per heavy atom. The minimum Gasteiger partial charge on any atom is -0.380 e. The SMILES string of the molecule is CC(C)(C)C(O)(c1cncnc1)c1ccc(-c2ccccc2)cc1F. The van der Waals surface area contributed by atoms with E-state index in [1.807, 2.05) is 57.2 Å². The number of hydrogen-bond acceptors (Lipinski definition) is 3. The van der Waals surface area contributed by atoms with Crippen LogP contribution in [0.5, 0.6) is 0 Å². The van der Waals surface area contributed by atoms with E-state index in [0.29, 0.717) is 5.56 Å². The van der Waals surface area contributed by atoms with Crippen molar-refractivity contribution in [2.75, 3.05) is 0 Å². The molecule has 4 heteroatoms.